The van der Waals surface area contributed by atoms with Crippen molar-refractivity contribution in [2.75, 3.05) is 20.1 Å². The minimum Gasteiger partial charge on any atom is -0.444 e. The number of likely N-dealkylation sites (N-methyl/N-ethyl adjacent to an activating group) is 1. The van der Waals surface area contributed by atoms with Crippen molar-refractivity contribution in [3.05, 3.63) is 35.2 Å². The summed E-state index contributed by atoms with van der Waals surface area (Å²) >= 11 is 1.46. The molecule has 0 fully saturated rings. The monoisotopic (exact) mass is 334 g/mol. The number of amides is 2. The van der Waals surface area contributed by atoms with E-state index in [2.05, 4.69) is 5.32 Å². The second-order valence-electron chi connectivity index (χ2n) is 6.31. The predicted octanol–water partition coefficient (Wildman–Crippen LogP) is 3.50. The number of carbonyl (C=O) groups excluding carboxylic acids is 2. The van der Waals surface area contributed by atoms with Crippen molar-refractivity contribution in [2.24, 2.45) is 0 Å². The third-order valence-corrected chi connectivity index (χ3v) is 4.20. The largest absolute Gasteiger partial charge is 0.444 e. The summed E-state index contributed by atoms with van der Waals surface area (Å²) in [5.74, 6) is -0.121. The van der Waals surface area contributed by atoms with Crippen LogP contribution in [-0.2, 0) is 4.74 Å². The van der Waals surface area contributed by atoms with Gasteiger partial charge in [-0.25, -0.2) is 4.79 Å². The van der Waals surface area contributed by atoms with Crippen LogP contribution in [0.4, 0.5) is 4.79 Å². The molecule has 0 atom stereocenters. The van der Waals surface area contributed by atoms with Gasteiger partial charge in [0.2, 0.25) is 0 Å². The molecule has 2 rings (SSSR count). The lowest BCUT2D eigenvalue weighted by atomic mass is 10.2. The van der Waals surface area contributed by atoms with E-state index in [1.54, 1.807) is 7.05 Å². The molecular formula is C17H22N2O3S. The first-order valence-electron chi connectivity index (χ1n) is 7.47. The van der Waals surface area contributed by atoms with Crippen molar-refractivity contribution in [3.8, 4) is 0 Å². The number of hydrogen-bond donors (Lipinski definition) is 1. The summed E-state index contributed by atoms with van der Waals surface area (Å²) in [6.07, 6.45) is -0.395. The molecule has 0 bridgehead atoms. The highest BCUT2D eigenvalue weighted by atomic mass is 32.1. The van der Waals surface area contributed by atoms with Gasteiger partial charge in [-0.05, 0) is 38.3 Å². The fourth-order valence-electron chi connectivity index (χ4n) is 1.95. The maximum Gasteiger partial charge on any atom is 0.410 e. The van der Waals surface area contributed by atoms with Gasteiger partial charge >= 0.3 is 6.09 Å². The maximum absolute atomic E-state index is 12.2. The molecule has 0 unspecified atom stereocenters. The number of carbonyl (C=O) groups is 2. The zero-order chi connectivity index (χ0) is 17.0. The first kappa shape index (κ1) is 17.3. The Morgan fingerprint density at radius 2 is 1.96 bits per heavy atom. The highest BCUT2D eigenvalue weighted by molar-refractivity contribution is 7.20. The van der Waals surface area contributed by atoms with Crippen molar-refractivity contribution in [2.45, 2.75) is 26.4 Å². The standard InChI is InChI=1S/C17H22N2O3S/c1-17(2,3)22-16(21)19(4)10-9-18-15(20)14-11-12-7-5-6-8-13(12)23-14/h5-8,11H,9-10H2,1-4H3,(H,18,20). The van der Waals surface area contributed by atoms with Crippen LogP contribution in [0.15, 0.2) is 30.3 Å². The Morgan fingerprint density at radius 3 is 2.61 bits per heavy atom. The fourth-order valence-corrected chi connectivity index (χ4v) is 2.93. The summed E-state index contributed by atoms with van der Waals surface area (Å²) in [7, 11) is 1.65. The van der Waals surface area contributed by atoms with Crippen molar-refractivity contribution in [1.29, 1.82) is 0 Å². The lowest BCUT2D eigenvalue weighted by Crippen LogP contribution is -2.39. The number of hydrogen-bond acceptors (Lipinski definition) is 4. The number of ether oxygens (including phenoxy) is 1. The molecule has 1 aromatic carbocycles. The van der Waals surface area contributed by atoms with E-state index in [0.29, 0.717) is 18.0 Å². The topological polar surface area (TPSA) is 58.6 Å². The van der Waals surface area contributed by atoms with Crippen molar-refractivity contribution in [1.82, 2.24) is 10.2 Å². The zero-order valence-corrected chi connectivity index (χ0v) is 14.7. The molecule has 1 N–H and O–H groups in total. The second-order valence-corrected chi connectivity index (χ2v) is 7.39. The third kappa shape index (κ3) is 4.96. The van der Waals surface area contributed by atoms with Crippen LogP contribution in [0.3, 0.4) is 0 Å². The van der Waals surface area contributed by atoms with Gasteiger partial charge in [-0.3, -0.25) is 4.79 Å². The Hall–Kier alpha value is -2.08. The summed E-state index contributed by atoms with van der Waals surface area (Å²) < 4.78 is 6.34. The quantitative estimate of drug-likeness (QED) is 0.931. The molecule has 23 heavy (non-hydrogen) atoms. The highest BCUT2D eigenvalue weighted by Gasteiger charge is 2.19. The summed E-state index contributed by atoms with van der Waals surface area (Å²) in [5.41, 5.74) is -0.522. The van der Waals surface area contributed by atoms with E-state index in [4.69, 9.17) is 4.74 Å². The molecule has 5 nitrogen and oxygen atoms in total. The molecule has 0 saturated heterocycles. The van der Waals surface area contributed by atoms with E-state index in [0.717, 1.165) is 10.1 Å². The highest BCUT2D eigenvalue weighted by Crippen LogP contribution is 2.24. The molecule has 1 heterocycles. The number of rotatable bonds is 4. The van der Waals surface area contributed by atoms with Crippen LogP contribution in [0.2, 0.25) is 0 Å². The summed E-state index contributed by atoms with van der Waals surface area (Å²) in [4.78, 5) is 26.1. The molecule has 2 amide bonds. The Balaban J connectivity index is 1.83. The van der Waals surface area contributed by atoms with E-state index in [1.165, 1.54) is 16.2 Å². The number of thiophene rings is 1. The number of fused-ring (bicyclic) bond motifs is 1. The van der Waals surface area contributed by atoms with Gasteiger partial charge in [0, 0.05) is 24.8 Å². The second kappa shape index (κ2) is 7.00. The minimum atomic E-state index is -0.522. The third-order valence-electron chi connectivity index (χ3n) is 3.09. The lowest BCUT2D eigenvalue weighted by molar-refractivity contribution is 0.0299. The zero-order valence-electron chi connectivity index (χ0n) is 13.9. The number of benzene rings is 1. The van der Waals surface area contributed by atoms with Gasteiger partial charge in [0.05, 0.1) is 4.88 Å². The van der Waals surface area contributed by atoms with Crippen molar-refractivity contribution >= 4 is 33.4 Å². The van der Waals surface area contributed by atoms with Gasteiger partial charge in [0.15, 0.2) is 0 Å². The molecule has 0 aliphatic carbocycles. The Labute approximate surface area is 140 Å². The van der Waals surface area contributed by atoms with E-state index < -0.39 is 11.7 Å². The molecule has 1 aromatic heterocycles. The van der Waals surface area contributed by atoms with Crippen LogP contribution in [0.5, 0.6) is 0 Å². The van der Waals surface area contributed by atoms with Gasteiger partial charge in [0.25, 0.3) is 5.91 Å². The normalized spacial score (nSPS) is 11.3. The van der Waals surface area contributed by atoms with Crippen LogP contribution in [0.25, 0.3) is 10.1 Å². The van der Waals surface area contributed by atoms with Gasteiger partial charge < -0.3 is 15.0 Å². The predicted molar refractivity (Wildman–Crippen MR) is 93.0 cm³/mol. The van der Waals surface area contributed by atoms with Gasteiger partial charge in [-0.15, -0.1) is 11.3 Å². The number of nitrogens with one attached hydrogen (secondary N) is 1. The molecule has 0 saturated carbocycles. The molecule has 6 heteroatoms. The van der Waals surface area contributed by atoms with Crippen LogP contribution < -0.4 is 5.32 Å². The molecule has 2 aromatic rings. The Morgan fingerprint density at radius 1 is 1.26 bits per heavy atom. The van der Waals surface area contributed by atoms with Gasteiger partial charge in [0.1, 0.15) is 5.60 Å². The average molecular weight is 334 g/mol. The lowest BCUT2D eigenvalue weighted by Gasteiger charge is -2.24. The van der Waals surface area contributed by atoms with Crippen LogP contribution in [-0.4, -0.2) is 42.6 Å². The van der Waals surface area contributed by atoms with E-state index >= 15 is 0 Å². The van der Waals surface area contributed by atoms with Crippen molar-refractivity contribution < 1.29 is 14.3 Å². The molecule has 0 aliphatic heterocycles. The average Bonchev–Trinajstić information content (AvgIpc) is 2.89. The van der Waals surface area contributed by atoms with Crippen LogP contribution >= 0.6 is 11.3 Å². The van der Waals surface area contributed by atoms with E-state index in [9.17, 15) is 9.59 Å². The molecule has 124 valence electrons. The SMILES string of the molecule is CN(CCNC(=O)c1cc2ccccc2s1)C(=O)OC(C)(C)C. The molecule has 0 radical (unpaired) electrons. The first-order chi connectivity index (χ1) is 10.8. The molecule has 0 aliphatic rings. The summed E-state index contributed by atoms with van der Waals surface area (Å²) in [6.45, 7) is 6.24. The molecule has 0 spiro atoms. The fraction of sp³-hybridized carbons (Fsp3) is 0.412. The van der Waals surface area contributed by atoms with Gasteiger partial charge in [-0.2, -0.15) is 0 Å². The van der Waals surface area contributed by atoms with Crippen LogP contribution in [0, 0.1) is 0 Å². The minimum absolute atomic E-state index is 0.121. The van der Waals surface area contributed by atoms with E-state index in [-0.39, 0.29) is 5.91 Å². The Kier molecular flexibility index (Phi) is 5.26. The van der Waals surface area contributed by atoms with E-state index in [1.807, 2.05) is 51.1 Å². The van der Waals surface area contributed by atoms with Crippen molar-refractivity contribution in [3.63, 3.8) is 0 Å². The number of nitrogens with zero attached hydrogens (tertiary/aromatic N) is 1. The molecular weight excluding hydrogens is 312 g/mol. The maximum atomic E-state index is 12.2. The van der Waals surface area contributed by atoms with Crippen LogP contribution in [0.1, 0.15) is 30.4 Å². The summed E-state index contributed by atoms with van der Waals surface area (Å²) in [5, 5.41) is 3.89. The summed E-state index contributed by atoms with van der Waals surface area (Å²) in [6, 6.07) is 9.77. The Bertz CT molecular complexity index is 670. The smallest absolute Gasteiger partial charge is 0.410 e. The first-order valence-corrected chi connectivity index (χ1v) is 8.29. The van der Waals surface area contributed by atoms with Gasteiger partial charge in [-0.1, -0.05) is 18.2 Å².